The Labute approximate surface area is 161 Å². The van der Waals surface area contributed by atoms with Gasteiger partial charge in [-0.05, 0) is 49.1 Å². The standard InChI is InChI=1S/C20H27N3O3S/c1-14(2)12-19(20(24)22-17-8-6-16(13-21)7-9-17)23-27(25,26)18-10-4-15(3)5-11-18/h4-11,14,19,23H,12-13,21H2,1-3H3,(H,22,24). The van der Waals surface area contributed by atoms with Crippen LogP contribution in [0.2, 0.25) is 0 Å². The second kappa shape index (κ2) is 9.12. The quantitative estimate of drug-likeness (QED) is 0.646. The highest BCUT2D eigenvalue weighted by Crippen LogP contribution is 2.15. The maximum Gasteiger partial charge on any atom is 0.242 e. The molecule has 0 spiro atoms. The number of aryl methyl sites for hydroxylation is 1. The Hall–Kier alpha value is -2.22. The number of nitrogens with one attached hydrogen (secondary N) is 2. The van der Waals surface area contributed by atoms with Crippen molar-refractivity contribution in [1.82, 2.24) is 4.72 Å². The molecule has 27 heavy (non-hydrogen) atoms. The molecule has 1 unspecified atom stereocenters. The van der Waals surface area contributed by atoms with E-state index in [-0.39, 0.29) is 16.7 Å². The summed E-state index contributed by atoms with van der Waals surface area (Å²) in [4.78, 5) is 12.8. The average molecular weight is 390 g/mol. The van der Waals surface area contributed by atoms with Gasteiger partial charge in [0.2, 0.25) is 15.9 Å². The van der Waals surface area contributed by atoms with Gasteiger partial charge < -0.3 is 11.1 Å². The van der Waals surface area contributed by atoms with Crippen LogP contribution in [0.4, 0.5) is 5.69 Å². The van der Waals surface area contributed by atoms with Crippen molar-refractivity contribution in [3.8, 4) is 0 Å². The summed E-state index contributed by atoms with van der Waals surface area (Å²) in [6.07, 6.45) is 0.387. The molecular formula is C20H27N3O3S. The molecule has 0 aliphatic carbocycles. The van der Waals surface area contributed by atoms with Crippen LogP contribution in [-0.2, 0) is 21.4 Å². The molecule has 0 heterocycles. The summed E-state index contributed by atoms with van der Waals surface area (Å²) >= 11 is 0. The molecule has 1 atom stereocenters. The summed E-state index contributed by atoms with van der Waals surface area (Å²) in [7, 11) is -3.80. The summed E-state index contributed by atoms with van der Waals surface area (Å²) in [6.45, 7) is 6.18. The topological polar surface area (TPSA) is 101 Å². The van der Waals surface area contributed by atoms with E-state index < -0.39 is 16.1 Å². The van der Waals surface area contributed by atoms with Gasteiger partial charge in [0.05, 0.1) is 4.90 Å². The lowest BCUT2D eigenvalue weighted by Crippen LogP contribution is -2.44. The second-order valence-corrected chi connectivity index (χ2v) is 8.72. The molecule has 0 aromatic heterocycles. The van der Waals surface area contributed by atoms with E-state index in [4.69, 9.17) is 5.73 Å². The van der Waals surface area contributed by atoms with E-state index in [1.54, 1.807) is 24.3 Å². The molecule has 0 saturated heterocycles. The van der Waals surface area contributed by atoms with Crippen molar-refractivity contribution in [3.05, 3.63) is 59.7 Å². The van der Waals surface area contributed by atoms with E-state index in [1.807, 2.05) is 32.9 Å². The molecule has 0 bridgehead atoms. The molecule has 2 rings (SSSR count). The lowest BCUT2D eigenvalue weighted by atomic mass is 10.0. The van der Waals surface area contributed by atoms with Gasteiger partial charge in [0.1, 0.15) is 6.04 Å². The van der Waals surface area contributed by atoms with Crippen LogP contribution in [0, 0.1) is 12.8 Å². The van der Waals surface area contributed by atoms with Crippen LogP contribution in [0.3, 0.4) is 0 Å². The molecule has 146 valence electrons. The molecule has 0 aliphatic heterocycles. The first kappa shape index (κ1) is 21.1. The molecule has 6 nitrogen and oxygen atoms in total. The van der Waals surface area contributed by atoms with E-state index in [2.05, 4.69) is 10.0 Å². The van der Waals surface area contributed by atoms with Crippen LogP contribution in [0.15, 0.2) is 53.4 Å². The summed E-state index contributed by atoms with van der Waals surface area (Å²) in [5.74, 6) is -0.249. The molecule has 1 amide bonds. The summed E-state index contributed by atoms with van der Waals surface area (Å²) < 4.78 is 27.9. The monoisotopic (exact) mass is 389 g/mol. The molecule has 2 aromatic rings. The van der Waals surface area contributed by atoms with Gasteiger partial charge in [0.15, 0.2) is 0 Å². The van der Waals surface area contributed by atoms with Crippen molar-refractivity contribution < 1.29 is 13.2 Å². The molecule has 7 heteroatoms. The van der Waals surface area contributed by atoms with Crippen LogP contribution < -0.4 is 15.8 Å². The number of anilines is 1. The highest BCUT2D eigenvalue weighted by molar-refractivity contribution is 7.89. The number of carbonyl (C=O) groups excluding carboxylic acids is 1. The molecule has 0 saturated carbocycles. The highest BCUT2D eigenvalue weighted by atomic mass is 32.2. The molecule has 4 N–H and O–H groups in total. The number of hydrogen-bond acceptors (Lipinski definition) is 4. The Kier molecular flexibility index (Phi) is 7.12. The number of sulfonamides is 1. The average Bonchev–Trinajstić information content (AvgIpc) is 2.61. The van der Waals surface area contributed by atoms with Gasteiger partial charge >= 0.3 is 0 Å². The van der Waals surface area contributed by atoms with Crippen molar-refractivity contribution in [2.24, 2.45) is 11.7 Å². The minimum absolute atomic E-state index is 0.140. The van der Waals surface area contributed by atoms with Crippen molar-refractivity contribution in [2.75, 3.05) is 5.32 Å². The Morgan fingerprint density at radius 2 is 1.63 bits per heavy atom. The smallest absolute Gasteiger partial charge is 0.242 e. The van der Waals surface area contributed by atoms with Crippen molar-refractivity contribution in [1.29, 1.82) is 0 Å². The zero-order chi connectivity index (χ0) is 20.0. The summed E-state index contributed by atoms with van der Waals surface area (Å²) in [5, 5.41) is 2.78. The highest BCUT2D eigenvalue weighted by Gasteiger charge is 2.26. The van der Waals surface area contributed by atoms with E-state index in [1.165, 1.54) is 12.1 Å². The van der Waals surface area contributed by atoms with Gasteiger partial charge in [-0.2, -0.15) is 4.72 Å². The first-order valence-corrected chi connectivity index (χ1v) is 10.4. The van der Waals surface area contributed by atoms with Gasteiger partial charge in [0, 0.05) is 12.2 Å². The minimum atomic E-state index is -3.80. The van der Waals surface area contributed by atoms with Crippen LogP contribution in [0.5, 0.6) is 0 Å². The number of amides is 1. The molecule has 0 fully saturated rings. The molecule has 0 radical (unpaired) electrons. The van der Waals surface area contributed by atoms with Crippen LogP contribution in [-0.4, -0.2) is 20.4 Å². The fraction of sp³-hybridized carbons (Fsp3) is 0.350. The van der Waals surface area contributed by atoms with Crippen molar-refractivity contribution in [2.45, 2.75) is 44.7 Å². The maximum absolute atomic E-state index is 12.7. The number of benzene rings is 2. The Morgan fingerprint density at radius 1 is 1.04 bits per heavy atom. The second-order valence-electron chi connectivity index (χ2n) is 7.01. The van der Waals surface area contributed by atoms with Gasteiger partial charge in [-0.3, -0.25) is 4.79 Å². The normalized spacial score (nSPS) is 12.8. The molecule has 2 aromatic carbocycles. The largest absolute Gasteiger partial charge is 0.326 e. The molecular weight excluding hydrogens is 362 g/mol. The third-order valence-electron chi connectivity index (χ3n) is 4.11. The Morgan fingerprint density at radius 3 is 2.15 bits per heavy atom. The van der Waals surface area contributed by atoms with Gasteiger partial charge in [-0.25, -0.2) is 8.42 Å². The Bertz CT molecular complexity index is 860. The first-order chi connectivity index (χ1) is 12.7. The third-order valence-corrected chi connectivity index (χ3v) is 5.60. The maximum atomic E-state index is 12.7. The zero-order valence-electron chi connectivity index (χ0n) is 15.9. The van der Waals surface area contributed by atoms with E-state index >= 15 is 0 Å². The fourth-order valence-corrected chi connectivity index (χ4v) is 3.81. The number of nitrogens with two attached hydrogens (primary N) is 1. The van der Waals surface area contributed by atoms with Crippen LogP contribution >= 0.6 is 0 Å². The minimum Gasteiger partial charge on any atom is -0.326 e. The summed E-state index contributed by atoms with van der Waals surface area (Å²) in [5.41, 5.74) is 8.09. The predicted octanol–water partition coefficient (Wildman–Crippen LogP) is 2.79. The van der Waals surface area contributed by atoms with E-state index in [0.29, 0.717) is 18.7 Å². The Balaban J connectivity index is 2.17. The predicted molar refractivity (Wildman–Crippen MR) is 108 cm³/mol. The first-order valence-electron chi connectivity index (χ1n) is 8.90. The number of rotatable bonds is 8. The number of carbonyl (C=O) groups is 1. The van der Waals surface area contributed by atoms with Crippen LogP contribution in [0.1, 0.15) is 31.4 Å². The van der Waals surface area contributed by atoms with E-state index in [0.717, 1.165) is 11.1 Å². The number of hydrogen-bond donors (Lipinski definition) is 3. The lowest BCUT2D eigenvalue weighted by molar-refractivity contribution is -0.118. The fourth-order valence-electron chi connectivity index (χ4n) is 2.61. The van der Waals surface area contributed by atoms with E-state index in [9.17, 15) is 13.2 Å². The van der Waals surface area contributed by atoms with Gasteiger partial charge in [-0.1, -0.05) is 43.7 Å². The molecule has 0 aliphatic rings. The van der Waals surface area contributed by atoms with Crippen molar-refractivity contribution >= 4 is 21.6 Å². The SMILES string of the molecule is Cc1ccc(S(=O)(=O)NC(CC(C)C)C(=O)Nc2ccc(CN)cc2)cc1. The zero-order valence-corrected chi connectivity index (χ0v) is 16.7. The lowest BCUT2D eigenvalue weighted by Gasteiger charge is -2.20. The van der Waals surface area contributed by atoms with Gasteiger partial charge in [-0.15, -0.1) is 0 Å². The van der Waals surface area contributed by atoms with Crippen LogP contribution in [0.25, 0.3) is 0 Å². The summed E-state index contributed by atoms with van der Waals surface area (Å²) in [6, 6.07) is 12.8. The van der Waals surface area contributed by atoms with Crippen molar-refractivity contribution in [3.63, 3.8) is 0 Å². The van der Waals surface area contributed by atoms with Gasteiger partial charge in [0.25, 0.3) is 0 Å². The third kappa shape index (κ3) is 6.16.